The third kappa shape index (κ3) is 2.64. The van der Waals surface area contributed by atoms with Crippen LogP contribution in [0.25, 0.3) is 0 Å². The van der Waals surface area contributed by atoms with Gasteiger partial charge in [-0.25, -0.2) is 0 Å². The van der Waals surface area contributed by atoms with E-state index >= 15 is 0 Å². The minimum Gasteiger partial charge on any atom is -0.481 e. The molecule has 0 aromatic carbocycles. The number of carbonyl (C=O) groups excluding carboxylic acids is 2. The Kier molecular flexibility index (Phi) is 3.12. The van der Waals surface area contributed by atoms with Crippen molar-refractivity contribution in [1.29, 1.82) is 0 Å². The van der Waals surface area contributed by atoms with Crippen LogP contribution >= 0.6 is 0 Å². The normalized spacial score (nSPS) is 31.3. The first-order valence-corrected chi connectivity index (χ1v) is 5.57. The molecule has 1 aliphatic heterocycles. The van der Waals surface area contributed by atoms with Crippen molar-refractivity contribution in [2.24, 2.45) is 5.92 Å². The smallest absolute Gasteiger partial charge is 0.310 e. The zero-order chi connectivity index (χ0) is 12.4. The van der Waals surface area contributed by atoms with Crippen LogP contribution in [0.4, 0.5) is 0 Å². The fourth-order valence-electron chi connectivity index (χ4n) is 2.08. The first kappa shape index (κ1) is 11.6. The predicted molar refractivity (Wildman–Crippen MR) is 58.0 cm³/mol. The predicted octanol–water partition coefficient (Wildman–Crippen LogP) is -0.589. The first-order valence-electron chi connectivity index (χ1n) is 5.57. The summed E-state index contributed by atoms with van der Waals surface area (Å²) < 4.78 is 0. The standard InChI is InChI=1S/C11H14N2O4/c14-9-4-3-8(13-9)10(15)12-7-2-1-6(5-7)11(16)17/h1-2,6-8H,3-5H2,(H,12,15)(H,13,14)(H,16,17)/t6?,7?,8-/m1/s1. The van der Waals surface area contributed by atoms with Crippen molar-refractivity contribution in [3.05, 3.63) is 12.2 Å². The number of rotatable bonds is 3. The van der Waals surface area contributed by atoms with Crippen LogP contribution in [-0.2, 0) is 14.4 Å². The monoisotopic (exact) mass is 238 g/mol. The number of hydrogen-bond acceptors (Lipinski definition) is 3. The molecule has 2 amide bonds. The molecule has 0 aromatic rings. The summed E-state index contributed by atoms with van der Waals surface area (Å²) in [5.74, 6) is -1.77. The van der Waals surface area contributed by atoms with Crippen molar-refractivity contribution < 1.29 is 19.5 Å². The lowest BCUT2D eigenvalue weighted by Crippen LogP contribution is -2.45. The van der Waals surface area contributed by atoms with Crippen molar-refractivity contribution in [2.75, 3.05) is 0 Å². The molecular formula is C11H14N2O4. The van der Waals surface area contributed by atoms with Crippen LogP contribution in [0.3, 0.4) is 0 Å². The summed E-state index contributed by atoms with van der Waals surface area (Å²) in [6, 6.07) is -0.721. The molecule has 0 radical (unpaired) electrons. The van der Waals surface area contributed by atoms with Crippen molar-refractivity contribution in [3.8, 4) is 0 Å². The van der Waals surface area contributed by atoms with Gasteiger partial charge in [-0.1, -0.05) is 12.2 Å². The van der Waals surface area contributed by atoms with Gasteiger partial charge in [0.2, 0.25) is 11.8 Å². The number of nitrogens with one attached hydrogen (secondary N) is 2. The number of aliphatic carboxylic acids is 1. The highest BCUT2D eigenvalue weighted by molar-refractivity contribution is 5.91. The van der Waals surface area contributed by atoms with Gasteiger partial charge in [-0.15, -0.1) is 0 Å². The molecule has 3 N–H and O–H groups in total. The van der Waals surface area contributed by atoms with Crippen LogP contribution in [0.5, 0.6) is 0 Å². The van der Waals surface area contributed by atoms with E-state index in [4.69, 9.17) is 5.11 Å². The lowest BCUT2D eigenvalue weighted by molar-refractivity contribution is -0.140. The number of hydrogen-bond donors (Lipinski definition) is 3. The number of amides is 2. The average Bonchev–Trinajstić information content (AvgIpc) is 2.86. The van der Waals surface area contributed by atoms with Gasteiger partial charge >= 0.3 is 5.97 Å². The second-order valence-corrected chi connectivity index (χ2v) is 4.34. The van der Waals surface area contributed by atoms with E-state index in [0.29, 0.717) is 19.3 Å². The van der Waals surface area contributed by atoms with Gasteiger partial charge in [-0.2, -0.15) is 0 Å². The minimum absolute atomic E-state index is 0.115. The summed E-state index contributed by atoms with van der Waals surface area (Å²) in [7, 11) is 0. The SMILES string of the molecule is O=C1CC[C@H](C(=O)NC2C=CC(C(=O)O)C2)N1. The molecule has 17 heavy (non-hydrogen) atoms. The zero-order valence-electron chi connectivity index (χ0n) is 9.18. The summed E-state index contributed by atoms with van der Waals surface area (Å²) in [4.78, 5) is 33.4. The molecule has 6 nitrogen and oxygen atoms in total. The van der Waals surface area contributed by atoms with E-state index < -0.39 is 17.9 Å². The molecule has 2 rings (SSSR count). The topological polar surface area (TPSA) is 95.5 Å². The molecular weight excluding hydrogens is 224 g/mol. The van der Waals surface area contributed by atoms with Gasteiger partial charge < -0.3 is 15.7 Å². The Bertz CT molecular complexity index is 391. The van der Waals surface area contributed by atoms with Crippen LogP contribution < -0.4 is 10.6 Å². The number of carboxylic acids is 1. The van der Waals surface area contributed by atoms with Crippen LogP contribution in [0.15, 0.2) is 12.2 Å². The quantitative estimate of drug-likeness (QED) is 0.573. The summed E-state index contributed by atoms with van der Waals surface area (Å²) in [6.45, 7) is 0. The van der Waals surface area contributed by atoms with Gasteiger partial charge in [-0.3, -0.25) is 14.4 Å². The second kappa shape index (κ2) is 4.57. The molecule has 2 unspecified atom stereocenters. The first-order chi connectivity index (χ1) is 8.06. The largest absolute Gasteiger partial charge is 0.481 e. The Morgan fingerprint density at radius 2 is 2.18 bits per heavy atom. The van der Waals surface area contributed by atoms with E-state index in [2.05, 4.69) is 10.6 Å². The third-order valence-corrected chi connectivity index (χ3v) is 3.04. The maximum atomic E-state index is 11.7. The summed E-state index contributed by atoms with van der Waals surface area (Å²) in [5, 5.41) is 14.1. The minimum atomic E-state index is -0.882. The van der Waals surface area contributed by atoms with Crippen molar-refractivity contribution >= 4 is 17.8 Å². The Balaban J connectivity index is 1.83. The highest BCUT2D eigenvalue weighted by atomic mass is 16.4. The van der Waals surface area contributed by atoms with E-state index in [1.165, 1.54) is 0 Å². The van der Waals surface area contributed by atoms with E-state index in [1.54, 1.807) is 12.2 Å². The van der Waals surface area contributed by atoms with Gasteiger partial charge in [0.25, 0.3) is 0 Å². The summed E-state index contributed by atoms with van der Waals surface area (Å²) in [6.07, 6.45) is 4.52. The van der Waals surface area contributed by atoms with Crippen LogP contribution in [0, 0.1) is 5.92 Å². The van der Waals surface area contributed by atoms with Gasteiger partial charge in [0.15, 0.2) is 0 Å². The van der Waals surface area contributed by atoms with E-state index in [-0.39, 0.29) is 17.9 Å². The number of carboxylic acid groups (broad SMARTS) is 1. The Labute approximate surface area is 98.1 Å². The Morgan fingerprint density at radius 1 is 1.41 bits per heavy atom. The van der Waals surface area contributed by atoms with Crippen LogP contribution in [-0.4, -0.2) is 35.0 Å². The molecule has 1 fully saturated rings. The second-order valence-electron chi connectivity index (χ2n) is 4.34. The molecule has 2 aliphatic rings. The van der Waals surface area contributed by atoms with Crippen LogP contribution in [0.2, 0.25) is 0 Å². The summed E-state index contributed by atoms with van der Waals surface area (Å²) >= 11 is 0. The van der Waals surface area contributed by atoms with Gasteiger partial charge in [0, 0.05) is 12.5 Å². The molecule has 1 aliphatic carbocycles. The molecule has 1 saturated heterocycles. The fourth-order valence-corrected chi connectivity index (χ4v) is 2.08. The van der Waals surface area contributed by atoms with Crippen molar-refractivity contribution in [2.45, 2.75) is 31.3 Å². The zero-order valence-corrected chi connectivity index (χ0v) is 9.18. The summed E-state index contributed by atoms with van der Waals surface area (Å²) in [5.41, 5.74) is 0. The highest BCUT2D eigenvalue weighted by Gasteiger charge is 2.30. The van der Waals surface area contributed by atoms with Crippen LogP contribution in [0.1, 0.15) is 19.3 Å². The lowest BCUT2D eigenvalue weighted by Gasteiger charge is -2.15. The molecule has 0 saturated carbocycles. The third-order valence-electron chi connectivity index (χ3n) is 3.04. The van der Waals surface area contributed by atoms with E-state index in [0.717, 1.165) is 0 Å². The highest BCUT2D eigenvalue weighted by Crippen LogP contribution is 2.18. The maximum absolute atomic E-state index is 11.7. The van der Waals surface area contributed by atoms with E-state index in [9.17, 15) is 14.4 Å². The maximum Gasteiger partial charge on any atom is 0.310 e. The molecule has 6 heteroatoms. The fraction of sp³-hybridized carbons (Fsp3) is 0.545. The molecule has 3 atom stereocenters. The number of carbonyl (C=O) groups is 3. The van der Waals surface area contributed by atoms with Gasteiger partial charge in [0.1, 0.15) is 6.04 Å². The van der Waals surface area contributed by atoms with Gasteiger partial charge in [-0.05, 0) is 12.8 Å². The van der Waals surface area contributed by atoms with E-state index in [1.807, 2.05) is 0 Å². The molecule has 0 aromatic heterocycles. The molecule has 0 bridgehead atoms. The lowest BCUT2D eigenvalue weighted by atomic mass is 10.1. The van der Waals surface area contributed by atoms with Crippen molar-refractivity contribution in [3.63, 3.8) is 0 Å². The molecule has 0 spiro atoms. The molecule has 92 valence electrons. The van der Waals surface area contributed by atoms with Gasteiger partial charge in [0.05, 0.1) is 5.92 Å². The van der Waals surface area contributed by atoms with Crippen molar-refractivity contribution in [1.82, 2.24) is 10.6 Å². The Hall–Kier alpha value is -1.85. The Morgan fingerprint density at radius 3 is 2.71 bits per heavy atom. The molecule has 1 heterocycles. The average molecular weight is 238 g/mol.